The predicted molar refractivity (Wildman–Crippen MR) is 76.5 cm³/mol. The predicted octanol–water partition coefficient (Wildman–Crippen LogP) is 1.02. The SMILES string of the molecule is CN=C(NCCN(C)CC(F)(F)F)N(C)CC1CCOC1. The highest BCUT2D eigenvalue weighted by Gasteiger charge is 2.28. The Bertz CT molecular complexity index is 330. The molecule has 8 heteroatoms. The fourth-order valence-electron chi connectivity index (χ4n) is 2.33. The average molecular weight is 310 g/mol. The van der Waals surface area contributed by atoms with Gasteiger partial charge in [-0.2, -0.15) is 13.2 Å². The molecule has 0 aliphatic carbocycles. The number of nitrogens with zero attached hydrogens (tertiary/aromatic N) is 3. The molecule has 1 saturated heterocycles. The first-order chi connectivity index (χ1) is 9.81. The second kappa shape index (κ2) is 8.43. The lowest BCUT2D eigenvalue weighted by Crippen LogP contribution is -2.44. The Kier molecular flexibility index (Phi) is 7.24. The van der Waals surface area contributed by atoms with E-state index in [1.165, 1.54) is 11.9 Å². The van der Waals surface area contributed by atoms with Gasteiger partial charge in [-0.3, -0.25) is 9.89 Å². The van der Waals surface area contributed by atoms with E-state index in [1.54, 1.807) is 7.05 Å². The van der Waals surface area contributed by atoms with E-state index < -0.39 is 12.7 Å². The third kappa shape index (κ3) is 7.52. The van der Waals surface area contributed by atoms with Crippen LogP contribution >= 0.6 is 0 Å². The normalized spacial score (nSPS) is 20.1. The van der Waals surface area contributed by atoms with E-state index in [4.69, 9.17) is 4.74 Å². The second-order valence-electron chi connectivity index (χ2n) is 5.44. The summed E-state index contributed by atoms with van der Waals surface area (Å²) < 4.78 is 42.0. The molecule has 21 heavy (non-hydrogen) atoms. The van der Waals surface area contributed by atoms with E-state index in [0.717, 1.165) is 26.2 Å². The molecule has 1 aliphatic rings. The molecule has 1 unspecified atom stereocenters. The van der Waals surface area contributed by atoms with Crippen molar-refractivity contribution in [1.82, 2.24) is 15.1 Å². The van der Waals surface area contributed by atoms with Crippen molar-refractivity contribution in [3.8, 4) is 0 Å². The number of ether oxygens (including phenoxy) is 1. The molecule has 1 aliphatic heterocycles. The highest BCUT2D eigenvalue weighted by atomic mass is 19.4. The Labute approximate surface area is 124 Å². The van der Waals surface area contributed by atoms with Crippen LogP contribution in [0.2, 0.25) is 0 Å². The van der Waals surface area contributed by atoms with Gasteiger partial charge in [0, 0.05) is 46.3 Å². The summed E-state index contributed by atoms with van der Waals surface area (Å²) in [6, 6.07) is 0. The van der Waals surface area contributed by atoms with Crippen molar-refractivity contribution >= 4 is 5.96 Å². The summed E-state index contributed by atoms with van der Waals surface area (Å²) in [7, 11) is 5.05. The smallest absolute Gasteiger partial charge is 0.381 e. The summed E-state index contributed by atoms with van der Waals surface area (Å²) in [5, 5.41) is 3.09. The maximum atomic E-state index is 12.2. The monoisotopic (exact) mass is 310 g/mol. The highest BCUT2D eigenvalue weighted by Crippen LogP contribution is 2.15. The largest absolute Gasteiger partial charge is 0.401 e. The number of rotatable bonds is 6. The van der Waals surface area contributed by atoms with Crippen molar-refractivity contribution in [1.29, 1.82) is 0 Å². The average Bonchev–Trinajstić information content (AvgIpc) is 2.85. The van der Waals surface area contributed by atoms with E-state index in [1.807, 2.05) is 11.9 Å². The van der Waals surface area contributed by atoms with Crippen LogP contribution in [0.3, 0.4) is 0 Å². The van der Waals surface area contributed by atoms with Gasteiger partial charge in [0.1, 0.15) is 0 Å². The summed E-state index contributed by atoms with van der Waals surface area (Å²) in [6.45, 7) is 2.21. The van der Waals surface area contributed by atoms with Crippen molar-refractivity contribution in [3.63, 3.8) is 0 Å². The molecule has 0 amide bonds. The summed E-state index contributed by atoms with van der Waals surface area (Å²) in [5.74, 6) is 1.18. The molecule has 0 saturated carbocycles. The molecule has 5 nitrogen and oxygen atoms in total. The fraction of sp³-hybridized carbons (Fsp3) is 0.923. The summed E-state index contributed by atoms with van der Waals surface area (Å²) >= 11 is 0. The molecule has 124 valence electrons. The van der Waals surface area contributed by atoms with Crippen LogP contribution in [0, 0.1) is 5.92 Å². The summed E-state index contributed by atoms with van der Waals surface area (Å²) in [4.78, 5) is 7.38. The lowest BCUT2D eigenvalue weighted by molar-refractivity contribution is -0.142. The van der Waals surface area contributed by atoms with Crippen LogP contribution in [0.25, 0.3) is 0 Å². The first-order valence-electron chi connectivity index (χ1n) is 7.06. The quantitative estimate of drug-likeness (QED) is 0.587. The van der Waals surface area contributed by atoms with Gasteiger partial charge in [-0.15, -0.1) is 0 Å². The van der Waals surface area contributed by atoms with Gasteiger partial charge >= 0.3 is 6.18 Å². The van der Waals surface area contributed by atoms with Crippen LogP contribution < -0.4 is 5.32 Å². The van der Waals surface area contributed by atoms with E-state index in [-0.39, 0.29) is 0 Å². The summed E-state index contributed by atoms with van der Waals surface area (Å²) in [5.41, 5.74) is 0. The minimum Gasteiger partial charge on any atom is -0.381 e. The fourth-order valence-corrected chi connectivity index (χ4v) is 2.33. The number of likely N-dealkylation sites (N-methyl/N-ethyl adjacent to an activating group) is 1. The maximum Gasteiger partial charge on any atom is 0.401 e. The van der Waals surface area contributed by atoms with Crippen molar-refractivity contribution in [2.45, 2.75) is 12.6 Å². The van der Waals surface area contributed by atoms with Gasteiger partial charge in [0.15, 0.2) is 5.96 Å². The van der Waals surface area contributed by atoms with E-state index in [9.17, 15) is 13.2 Å². The van der Waals surface area contributed by atoms with E-state index >= 15 is 0 Å². The molecule has 0 aromatic carbocycles. The van der Waals surface area contributed by atoms with Crippen LogP contribution in [-0.4, -0.2) is 82.5 Å². The van der Waals surface area contributed by atoms with Crippen LogP contribution in [0.4, 0.5) is 13.2 Å². The number of guanidine groups is 1. The maximum absolute atomic E-state index is 12.2. The number of halogens is 3. The van der Waals surface area contributed by atoms with Crippen molar-refractivity contribution in [3.05, 3.63) is 0 Å². The lowest BCUT2D eigenvalue weighted by Gasteiger charge is -2.25. The second-order valence-corrected chi connectivity index (χ2v) is 5.44. The first-order valence-corrected chi connectivity index (χ1v) is 7.06. The molecule has 1 atom stereocenters. The number of hydrogen-bond donors (Lipinski definition) is 1. The zero-order valence-electron chi connectivity index (χ0n) is 12.9. The molecule has 0 spiro atoms. The summed E-state index contributed by atoms with van der Waals surface area (Å²) in [6.07, 6.45) is -3.12. The van der Waals surface area contributed by atoms with Crippen molar-refractivity contribution < 1.29 is 17.9 Å². The van der Waals surface area contributed by atoms with Crippen LogP contribution in [-0.2, 0) is 4.74 Å². The Balaban J connectivity index is 2.27. The van der Waals surface area contributed by atoms with Gasteiger partial charge in [-0.25, -0.2) is 0 Å². The minimum atomic E-state index is -4.16. The zero-order chi connectivity index (χ0) is 15.9. The number of nitrogens with one attached hydrogen (secondary N) is 1. The molecule has 1 fully saturated rings. The molecule has 0 radical (unpaired) electrons. The van der Waals surface area contributed by atoms with Gasteiger partial charge in [0.05, 0.1) is 13.2 Å². The molecule has 0 aromatic heterocycles. The van der Waals surface area contributed by atoms with Gasteiger partial charge < -0.3 is 15.0 Å². The Morgan fingerprint density at radius 1 is 1.38 bits per heavy atom. The molecular weight excluding hydrogens is 285 g/mol. The zero-order valence-corrected chi connectivity index (χ0v) is 12.9. The molecule has 0 bridgehead atoms. The third-order valence-electron chi connectivity index (χ3n) is 3.36. The number of aliphatic imine (C=N–C) groups is 1. The standard InChI is InChI=1S/C13H25F3N4O/c1-17-12(20(3)8-11-4-7-21-9-11)18-5-6-19(2)10-13(14,15)16/h11H,4-10H2,1-3H3,(H,17,18). The molecule has 1 heterocycles. The minimum absolute atomic E-state index is 0.304. The van der Waals surface area contributed by atoms with Crippen molar-refractivity contribution in [2.24, 2.45) is 10.9 Å². The van der Waals surface area contributed by atoms with Crippen molar-refractivity contribution in [2.75, 3.05) is 60.5 Å². The Morgan fingerprint density at radius 2 is 2.10 bits per heavy atom. The van der Waals surface area contributed by atoms with Crippen LogP contribution in [0.1, 0.15) is 6.42 Å². The Morgan fingerprint density at radius 3 is 2.62 bits per heavy atom. The topological polar surface area (TPSA) is 40.1 Å². The van der Waals surface area contributed by atoms with Crippen LogP contribution in [0.5, 0.6) is 0 Å². The van der Waals surface area contributed by atoms with Gasteiger partial charge in [-0.05, 0) is 13.5 Å². The first kappa shape index (κ1) is 18.0. The Hall–Kier alpha value is -1.02. The van der Waals surface area contributed by atoms with Gasteiger partial charge in [0.25, 0.3) is 0 Å². The molecular formula is C13H25F3N4O. The highest BCUT2D eigenvalue weighted by molar-refractivity contribution is 5.79. The number of hydrogen-bond acceptors (Lipinski definition) is 3. The molecule has 1 N–H and O–H groups in total. The van der Waals surface area contributed by atoms with Gasteiger partial charge in [-0.1, -0.05) is 0 Å². The molecule has 1 rings (SSSR count). The van der Waals surface area contributed by atoms with E-state index in [0.29, 0.717) is 25.0 Å². The van der Waals surface area contributed by atoms with E-state index in [2.05, 4.69) is 10.3 Å². The third-order valence-corrected chi connectivity index (χ3v) is 3.36. The number of alkyl halides is 3. The molecule has 0 aromatic rings. The lowest BCUT2D eigenvalue weighted by atomic mass is 10.1. The van der Waals surface area contributed by atoms with Gasteiger partial charge in [0.2, 0.25) is 0 Å². The van der Waals surface area contributed by atoms with Crippen LogP contribution in [0.15, 0.2) is 4.99 Å².